The van der Waals surface area contributed by atoms with E-state index in [2.05, 4.69) is 11.9 Å². The molecule has 0 aromatic heterocycles. The summed E-state index contributed by atoms with van der Waals surface area (Å²) < 4.78 is 5.57. The zero-order valence-electron chi connectivity index (χ0n) is 15.6. The predicted molar refractivity (Wildman–Crippen MR) is 111 cm³/mol. The third-order valence-electron chi connectivity index (χ3n) is 3.99. The highest BCUT2D eigenvalue weighted by molar-refractivity contribution is 8.18. The highest BCUT2D eigenvalue weighted by Crippen LogP contribution is 2.33. The number of rotatable bonds is 6. The maximum absolute atomic E-state index is 12.5. The fourth-order valence-electron chi connectivity index (χ4n) is 2.47. The Kier molecular flexibility index (Phi) is 6.16. The number of hydrogen-bond acceptors (Lipinski definition) is 5. The van der Waals surface area contributed by atoms with E-state index in [1.54, 1.807) is 19.2 Å². The Morgan fingerprint density at radius 3 is 2.46 bits per heavy atom. The van der Waals surface area contributed by atoms with Crippen LogP contribution in [0.4, 0.5) is 5.69 Å². The molecule has 7 heteroatoms. The first-order chi connectivity index (χ1) is 13.5. The molecule has 0 unspecified atom stereocenters. The van der Waals surface area contributed by atoms with Crippen LogP contribution in [0.1, 0.15) is 29.3 Å². The molecule has 0 bridgehead atoms. The minimum Gasteiger partial charge on any atom is -0.494 e. The van der Waals surface area contributed by atoms with Crippen molar-refractivity contribution in [2.75, 3.05) is 13.7 Å². The van der Waals surface area contributed by atoms with Crippen molar-refractivity contribution in [1.82, 2.24) is 4.90 Å². The summed E-state index contributed by atoms with van der Waals surface area (Å²) in [6.45, 7) is 2.73. The third kappa shape index (κ3) is 4.61. The number of likely N-dealkylation sites (N-methyl/N-ethyl adjacent to an activating group) is 1. The van der Waals surface area contributed by atoms with E-state index in [1.165, 1.54) is 28.8 Å². The summed E-state index contributed by atoms with van der Waals surface area (Å²) in [6.07, 6.45) is 2.77. The van der Waals surface area contributed by atoms with Gasteiger partial charge in [-0.1, -0.05) is 19.1 Å². The van der Waals surface area contributed by atoms with Crippen LogP contribution in [-0.4, -0.2) is 40.7 Å². The van der Waals surface area contributed by atoms with Gasteiger partial charge in [0.2, 0.25) is 0 Å². The van der Waals surface area contributed by atoms with Crippen molar-refractivity contribution in [3.63, 3.8) is 0 Å². The Labute approximate surface area is 167 Å². The molecule has 1 N–H and O–H groups in total. The molecule has 0 radical (unpaired) electrons. The summed E-state index contributed by atoms with van der Waals surface area (Å²) >= 11 is 1.29. The van der Waals surface area contributed by atoms with Gasteiger partial charge in [0.1, 0.15) is 5.75 Å². The predicted octanol–water partition coefficient (Wildman–Crippen LogP) is 4.41. The SMILES string of the molecule is CCCOc1ccc(/C=C2\SC(=Nc3ccc(C(=O)O)cc3)N(C)C2=O)cc1. The second-order valence-corrected chi connectivity index (χ2v) is 7.15. The van der Waals surface area contributed by atoms with Crippen molar-refractivity contribution >= 4 is 40.6 Å². The lowest BCUT2D eigenvalue weighted by Crippen LogP contribution is -2.23. The standard InChI is InChI=1S/C21H20N2O4S/c1-3-12-27-17-10-4-14(5-11-17)13-18-19(24)23(2)21(28-18)22-16-8-6-15(7-9-16)20(25)26/h4-11,13H,3,12H2,1-2H3,(H,25,26)/b18-13-,22-21?. The molecule has 2 aromatic carbocycles. The number of thioether (sulfide) groups is 1. The van der Waals surface area contributed by atoms with Gasteiger partial charge in [-0.2, -0.15) is 0 Å². The van der Waals surface area contributed by atoms with Crippen LogP contribution in [0.25, 0.3) is 6.08 Å². The van der Waals surface area contributed by atoms with Crippen molar-refractivity contribution in [3.05, 3.63) is 64.6 Å². The smallest absolute Gasteiger partial charge is 0.335 e. The lowest BCUT2D eigenvalue weighted by Gasteiger charge is -2.07. The van der Waals surface area contributed by atoms with Gasteiger partial charge >= 0.3 is 5.97 Å². The molecule has 28 heavy (non-hydrogen) atoms. The number of benzene rings is 2. The minimum atomic E-state index is -0.988. The van der Waals surface area contributed by atoms with Crippen LogP contribution in [0, 0.1) is 0 Å². The maximum Gasteiger partial charge on any atom is 0.335 e. The first-order valence-electron chi connectivity index (χ1n) is 8.80. The van der Waals surface area contributed by atoms with E-state index in [-0.39, 0.29) is 11.5 Å². The van der Waals surface area contributed by atoms with Crippen LogP contribution in [0.5, 0.6) is 5.75 Å². The topological polar surface area (TPSA) is 79.2 Å². The quantitative estimate of drug-likeness (QED) is 0.732. The molecule has 1 amide bonds. The molecule has 3 rings (SSSR count). The van der Waals surface area contributed by atoms with E-state index in [0.717, 1.165) is 17.7 Å². The summed E-state index contributed by atoms with van der Waals surface area (Å²) in [6, 6.07) is 13.8. The molecule has 0 saturated carbocycles. The molecule has 0 aliphatic carbocycles. The van der Waals surface area contributed by atoms with E-state index in [1.807, 2.05) is 30.3 Å². The molecule has 2 aromatic rings. The molecule has 1 aliphatic heterocycles. The Morgan fingerprint density at radius 2 is 1.86 bits per heavy atom. The van der Waals surface area contributed by atoms with E-state index in [0.29, 0.717) is 22.4 Å². The van der Waals surface area contributed by atoms with Gasteiger partial charge in [-0.05, 0) is 66.2 Å². The van der Waals surface area contributed by atoms with Gasteiger partial charge in [0, 0.05) is 7.05 Å². The molecule has 1 saturated heterocycles. The Morgan fingerprint density at radius 1 is 1.18 bits per heavy atom. The number of ether oxygens (including phenoxy) is 1. The van der Waals surface area contributed by atoms with Gasteiger partial charge in [0.05, 0.1) is 22.8 Å². The molecule has 6 nitrogen and oxygen atoms in total. The van der Waals surface area contributed by atoms with Gasteiger partial charge < -0.3 is 9.84 Å². The first-order valence-corrected chi connectivity index (χ1v) is 9.62. The lowest BCUT2D eigenvalue weighted by atomic mass is 10.2. The number of carboxylic acids is 1. The highest BCUT2D eigenvalue weighted by Gasteiger charge is 2.30. The average Bonchev–Trinajstić information content (AvgIpc) is 2.95. The molecular formula is C21H20N2O4S. The molecule has 1 fully saturated rings. The second-order valence-electron chi connectivity index (χ2n) is 6.14. The van der Waals surface area contributed by atoms with Crippen molar-refractivity contribution < 1.29 is 19.4 Å². The van der Waals surface area contributed by atoms with Gasteiger partial charge in [-0.25, -0.2) is 9.79 Å². The molecule has 1 heterocycles. The number of hydrogen-bond donors (Lipinski definition) is 1. The van der Waals surface area contributed by atoms with Crippen molar-refractivity contribution in [3.8, 4) is 5.75 Å². The van der Waals surface area contributed by atoms with Crippen molar-refractivity contribution in [1.29, 1.82) is 0 Å². The van der Waals surface area contributed by atoms with E-state index < -0.39 is 5.97 Å². The number of aliphatic imine (C=N–C) groups is 1. The number of amides is 1. The van der Waals surface area contributed by atoms with Gasteiger partial charge in [-0.15, -0.1) is 0 Å². The minimum absolute atomic E-state index is 0.128. The normalized spacial score (nSPS) is 16.8. The summed E-state index contributed by atoms with van der Waals surface area (Å²) in [5.41, 5.74) is 1.69. The summed E-state index contributed by atoms with van der Waals surface area (Å²) in [7, 11) is 1.67. The maximum atomic E-state index is 12.5. The highest BCUT2D eigenvalue weighted by atomic mass is 32.2. The fourth-order valence-corrected chi connectivity index (χ4v) is 3.46. The van der Waals surface area contributed by atoms with Crippen LogP contribution in [0.3, 0.4) is 0 Å². The number of nitrogens with zero attached hydrogens (tertiary/aromatic N) is 2. The third-order valence-corrected chi connectivity index (χ3v) is 5.05. The van der Waals surface area contributed by atoms with E-state index in [4.69, 9.17) is 9.84 Å². The molecule has 0 atom stereocenters. The lowest BCUT2D eigenvalue weighted by molar-refractivity contribution is -0.121. The van der Waals surface area contributed by atoms with Crippen LogP contribution < -0.4 is 4.74 Å². The Hall–Kier alpha value is -3.06. The number of carbonyl (C=O) groups excluding carboxylic acids is 1. The first kappa shape index (κ1) is 19.7. The van der Waals surface area contributed by atoms with Gasteiger partial charge in [0.25, 0.3) is 5.91 Å². The number of carbonyl (C=O) groups is 2. The molecule has 144 valence electrons. The monoisotopic (exact) mass is 396 g/mol. The van der Waals surface area contributed by atoms with Gasteiger partial charge in [-0.3, -0.25) is 9.69 Å². The van der Waals surface area contributed by atoms with Crippen LogP contribution in [-0.2, 0) is 4.79 Å². The fraction of sp³-hybridized carbons (Fsp3) is 0.190. The number of amidine groups is 1. The van der Waals surface area contributed by atoms with E-state index >= 15 is 0 Å². The second kappa shape index (κ2) is 8.75. The Bertz CT molecular complexity index is 934. The zero-order valence-corrected chi connectivity index (χ0v) is 16.4. The van der Waals surface area contributed by atoms with Crippen molar-refractivity contribution in [2.45, 2.75) is 13.3 Å². The van der Waals surface area contributed by atoms with Crippen LogP contribution >= 0.6 is 11.8 Å². The Balaban J connectivity index is 1.77. The van der Waals surface area contributed by atoms with Crippen LogP contribution in [0.2, 0.25) is 0 Å². The molecule has 0 spiro atoms. The van der Waals surface area contributed by atoms with Crippen molar-refractivity contribution in [2.24, 2.45) is 4.99 Å². The zero-order chi connectivity index (χ0) is 20.1. The molecular weight excluding hydrogens is 376 g/mol. The summed E-state index contributed by atoms with van der Waals surface area (Å²) in [5, 5.41) is 9.51. The van der Waals surface area contributed by atoms with E-state index in [9.17, 15) is 9.59 Å². The van der Waals surface area contributed by atoms with Crippen LogP contribution in [0.15, 0.2) is 58.4 Å². The summed E-state index contributed by atoms with van der Waals surface area (Å²) in [5.74, 6) is -0.311. The van der Waals surface area contributed by atoms with Gasteiger partial charge in [0.15, 0.2) is 5.17 Å². The molecule has 1 aliphatic rings. The number of carboxylic acid groups (broad SMARTS) is 1. The average molecular weight is 396 g/mol. The number of aromatic carboxylic acids is 1. The summed E-state index contributed by atoms with van der Waals surface area (Å²) in [4.78, 5) is 30.0. The largest absolute Gasteiger partial charge is 0.494 e.